The van der Waals surface area contributed by atoms with Crippen LogP contribution < -0.4 is 19.6 Å². The van der Waals surface area contributed by atoms with Gasteiger partial charge in [0.25, 0.3) is 5.95 Å². The van der Waals surface area contributed by atoms with E-state index >= 15 is 0 Å². The number of aromatic amines is 1. The highest BCUT2D eigenvalue weighted by Crippen LogP contribution is 2.37. The van der Waals surface area contributed by atoms with Crippen molar-refractivity contribution in [3.05, 3.63) is 42.0 Å². The van der Waals surface area contributed by atoms with Gasteiger partial charge >= 0.3 is 0 Å². The molecule has 0 bridgehead atoms. The fraction of sp³-hybridized carbons (Fsp3) is 0.158. The minimum absolute atomic E-state index is 0.280. The number of methoxy groups -OCH3 is 3. The molecule has 9 heteroatoms. The fourth-order valence-corrected chi connectivity index (χ4v) is 2.91. The Hall–Kier alpha value is -3.88. The number of rotatable bonds is 6. The van der Waals surface area contributed by atoms with E-state index in [1.54, 1.807) is 39.7 Å². The predicted molar refractivity (Wildman–Crippen MR) is 107 cm³/mol. The standard InChI is InChI=1S/C19H18N6O3/c1-26-14-8-11(9-15(27-2)17(14)28-3)10-20-24-19-22-18-16(23-25-19)12-6-4-5-7-13(12)21-18/h4-10H,1-3H3,(H2,21,22,24,25). The molecule has 0 radical (unpaired) electrons. The van der Waals surface area contributed by atoms with Crippen LogP contribution in [0.15, 0.2) is 41.5 Å². The van der Waals surface area contributed by atoms with Gasteiger partial charge in [-0.05, 0) is 18.2 Å². The van der Waals surface area contributed by atoms with Crippen LogP contribution in [0.25, 0.3) is 22.1 Å². The van der Waals surface area contributed by atoms with Crippen molar-refractivity contribution in [2.75, 3.05) is 26.8 Å². The van der Waals surface area contributed by atoms with Gasteiger partial charge in [-0.15, -0.1) is 10.2 Å². The number of aromatic nitrogens is 4. The molecule has 0 fully saturated rings. The average Bonchev–Trinajstić information content (AvgIpc) is 3.10. The van der Waals surface area contributed by atoms with Crippen molar-refractivity contribution in [2.24, 2.45) is 5.10 Å². The smallest absolute Gasteiger partial charge is 0.265 e. The number of para-hydroxylation sites is 1. The van der Waals surface area contributed by atoms with Gasteiger partial charge in [0.1, 0.15) is 5.52 Å². The molecule has 0 aliphatic rings. The first-order valence-electron chi connectivity index (χ1n) is 8.43. The Morgan fingerprint density at radius 2 is 1.75 bits per heavy atom. The normalized spacial score (nSPS) is 11.2. The molecule has 0 aliphatic carbocycles. The summed E-state index contributed by atoms with van der Waals surface area (Å²) in [4.78, 5) is 7.63. The highest BCUT2D eigenvalue weighted by molar-refractivity contribution is 6.03. The van der Waals surface area contributed by atoms with Gasteiger partial charge < -0.3 is 19.2 Å². The van der Waals surface area contributed by atoms with Crippen LogP contribution in [0, 0.1) is 0 Å². The number of nitrogens with one attached hydrogen (secondary N) is 2. The summed E-state index contributed by atoms with van der Waals surface area (Å²) in [5.74, 6) is 1.89. The number of benzene rings is 2. The average molecular weight is 378 g/mol. The lowest BCUT2D eigenvalue weighted by atomic mass is 10.2. The third-order valence-corrected chi connectivity index (χ3v) is 4.19. The van der Waals surface area contributed by atoms with Gasteiger partial charge in [0, 0.05) is 16.5 Å². The molecular weight excluding hydrogens is 360 g/mol. The molecule has 0 saturated heterocycles. The van der Waals surface area contributed by atoms with E-state index in [0.29, 0.717) is 22.9 Å². The van der Waals surface area contributed by atoms with Crippen LogP contribution in [0.3, 0.4) is 0 Å². The summed E-state index contributed by atoms with van der Waals surface area (Å²) in [6, 6.07) is 11.4. The zero-order chi connectivity index (χ0) is 19.5. The molecule has 2 N–H and O–H groups in total. The van der Waals surface area contributed by atoms with Gasteiger partial charge in [-0.25, -0.2) is 5.43 Å². The van der Waals surface area contributed by atoms with E-state index in [4.69, 9.17) is 14.2 Å². The number of nitrogens with zero attached hydrogens (tertiary/aromatic N) is 4. The first-order valence-corrected chi connectivity index (χ1v) is 8.43. The molecule has 142 valence electrons. The van der Waals surface area contributed by atoms with E-state index in [0.717, 1.165) is 22.0 Å². The minimum Gasteiger partial charge on any atom is -0.493 e. The van der Waals surface area contributed by atoms with E-state index in [-0.39, 0.29) is 5.95 Å². The Balaban J connectivity index is 1.58. The van der Waals surface area contributed by atoms with E-state index in [9.17, 15) is 0 Å². The zero-order valence-corrected chi connectivity index (χ0v) is 15.6. The van der Waals surface area contributed by atoms with Crippen LogP contribution in [0.5, 0.6) is 17.2 Å². The summed E-state index contributed by atoms with van der Waals surface area (Å²) in [5.41, 5.74) is 5.85. The quantitative estimate of drug-likeness (QED) is 0.392. The van der Waals surface area contributed by atoms with E-state index < -0.39 is 0 Å². The van der Waals surface area contributed by atoms with E-state index in [1.165, 1.54) is 0 Å². The second-order valence-corrected chi connectivity index (χ2v) is 5.83. The molecule has 0 amide bonds. The maximum Gasteiger partial charge on any atom is 0.265 e. The van der Waals surface area contributed by atoms with E-state index in [2.05, 4.69) is 30.7 Å². The van der Waals surface area contributed by atoms with Crippen molar-refractivity contribution < 1.29 is 14.2 Å². The summed E-state index contributed by atoms with van der Waals surface area (Å²) >= 11 is 0. The molecule has 4 rings (SSSR count). The van der Waals surface area contributed by atoms with Gasteiger partial charge in [-0.2, -0.15) is 10.1 Å². The lowest BCUT2D eigenvalue weighted by Crippen LogP contribution is -2.00. The third-order valence-electron chi connectivity index (χ3n) is 4.19. The van der Waals surface area contributed by atoms with E-state index in [1.807, 2.05) is 24.3 Å². The van der Waals surface area contributed by atoms with Gasteiger partial charge in [0.05, 0.1) is 27.5 Å². The molecular formula is C19H18N6O3. The highest BCUT2D eigenvalue weighted by Gasteiger charge is 2.12. The van der Waals surface area contributed by atoms with Gasteiger partial charge in [-0.3, -0.25) is 0 Å². The van der Waals surface area contributed by atoms with Crippen molar-refractivity contribution in [1.82, 2.24) is 20.2 Å². The summed E-state index contributed by atoms with van der Waals surface area (Å²) in [5, 5.41) is 13.5. The zero-order valence-electron chi connectivity index (χ0n) is 15.6. The van der Waals surface area contributed by atoms with Crippen LogP contribution in [0.2, 0.25) is 0 Å². The van der Waals surface area contributed by atoms with Crippen molar-refractivity contribution in [3.63, 3.8) is 0 Å². The molecule has 2 aromatic carbocycles. The Morgan fingerprint density at radius 1 is 1.00 bits per heavy atom. The Labute approximate surface area is 160 Å². The summed E-state index contributed by atoms with van der Waals surface area (Å²) in [6.07, 6.45) is 1.60. The van der Waals surface area contributed by atoms with Crippen molar-refractivity contribution in [2.45, 2.75) is 0 Å². The molecule has 2 heterocycles. The molecule has 4 aromatic rings. The summed E-state index contributed by atoms with van der Waals surface area (Å²) < 4.78 is 16.0. The maximum atomic E-state index is 5.34. The largest absolute Gasteiger partial charge is 0.493 e. The molecule has 9 nitrogen and oxygen atoms in total. The lowest BCUT2D eigenvalue weighted by molar-refractivity contribution is 0.324. The molecule has 0 unspecified atom stereocenters. The van der Waals surface area contributed by atoms with Crippen LogP contribution in [0.1, 0.15) is 5.56 Å². The Morgan fingerprint density at radius 3 is 2.46 bits per heavy atom. The van der Waals surface area contributed by atoms with Crippen molar-refractivity contribution in [3.8, 4) is 17.2 Å². The van der Waals surface area contributed by atoms with Crippen LogP contribution in [0.4, 0.5) is 5.95 Å². The highest BCUT2D eigenvalue weighted by atomic mass is 16.5. The number of anilines is 1. The van der Waals surface area contributed by atoms with Gasteiger partial charge in [0.2, 0.25) is 5.75 Å². The first kappa shape index (κ1) is 17.5. The number of H-pyrrole nitrogens is 1. The second-order valence-electron chi connectivity index (χ2n) is 5.83. The van der Waals surface area contributed by atoms with Crippen LogP contribution in [-0.2, 0) is 0 Å². The lowest BCUT2D eigenvalue weighted by Gasteiger charge is -2.12. The number of hydrazone groups is 1. The molecule has 2 aromatic heterocycles. The van der Waals surface area contributed by atoms with Crippen molar-refractivity contribution in [1.29, 1.82) is 0 Å². The maximum absolute atomic E-state index is 5.34. The summed E-state index contributed by atoms with van der Waals surface area (Å²) in [6.45, 7) is 0. The number of ether oxygens (including phenoxy) is 3. The topological polar surface area (TPSA) is 107 Å². The summed E-state index contributed by atoms with van der Waals surface area (Å²) in [7, 11) is 4.68. The molecule has 0 spiro atoms. The predicted octanol–water partition coefficient (Wildman–Crippen LogP) is 2.98. The first-order chi connectivity index (χ1) is 13.7. The number of hydrogen-bond donors (Lipinski definition) is 2. The van der Waals surface area contributed by atoms with Crippen molar-refractivity contribution >= 4 is 34.2 Å². The van der Waals surface area contributed by atoms with Crippen LogP contribution in [-0.4, -0.2) is 47.7 Å². The number of hydrogen-bond acceptors (Lipinski definition) is 8. The second kappa shape index (κ2) is 7.39. The Kier molecular flexibility index (Phi) is 4.63. The molecule has 0 saturated carbocycles. The van der Waals surface area contributed by atoms with Crippen LogP contribution >= 0.6 is 0 Å². The monoisotopic (exact) mass is 378 g/mol. The SMILES string of the molecule is COc1cc(C=NNc2nnc3c(n2)[nH]c2ccccc23)cc(OC)c1OC. The van der Waals surface area contributed by atoms with Gasteiger partial charge in [0.15, 0.2) is 17.1 Å². The molecule has 0 atom stereocenters. The number of fused-ring (bicyclic) bond motifs is 3. The minimum atomic E-state index is 0.280. The fourth-order valence-electron chi connectivity index (χ4n) is 2.91. The van der Waals surface area contributed by atoms with Gasteiger partial charge in [-0.1, -0.05) is 18.2 Å². The Bertz CT molecular complexity index is 1150. The molecule has 28 heavy (non-hydrogen) atoms. The molecule has 0 aliphatic heterocycles. The third kappa shape index (κ3) is 3.13.